The van der Waals surface area contributed by atoms with Gasteiger partial charge in [-0.25, -0.2) is 4.79 Å². The van der Waals surface area contributed by atoms with E-state index in [-0.39, 0.29) is 6.03 Å². The van der Waals surface area contributed by atoms with Crippen molar-refractivity contribution in [3.8, 4) is 11.5 Å². The first-order valence-corrected chi connectivity index (χ1v) is 7.44. The van der Waals surface area contributed by atoms with Crippen LogP contribution in [-0.2, 0) is 4.74 Å². The van der Waals surface area contributed by atoms with Gasteiger partial charge in [0.15, 0.2) is 0 Å². The van der Waals surface area contributed by atoms with E-state index in [0.717, 1.165) is 22.7 Å². The van der Waals surface area contributed by atoms with E-state index in [4.69, 9.17) is 9.47 Å². The molecule has 0 radical (unpaired) electrons. The summed E-state index contributed by atoms with van der Waals surface area (Å²) in [6.07, 6.45) is 0. The van der Waals surface area contributed by atoms with E-state index in [2.05, 4.69) is 5.32 Å². The number of urea groups is 1. The highest BCUT2D eigenvalue weighted by Gasteiger charge is 2.08. The van der Waals surface area contributed by atoms with E-state index in [9.17, 15) is 4.79 Å². The number of rotatable bonds is 6. The molecule has 0 spiro atoms. The molecular weight excluding hydrogens is 292 g/mol. The third-order valence-electron chi connectivity index (χ3n) is 3.31. The monoisotopic (exact) mass is 314 g/mol. The lowest BCUT2D eigenvalue weighted by Gasteiger charge is -2.17. The van der Waals surface area contributed by atoms with Crippen LogP contribution in [0.25, 0.3) is 0 Å². The number of carbonyl (C=O) groups excluding carboxylic acids is 1. The molecule has 0 aromatic heterocycles. The smallest absolute Gasteiger partial charge is 0.321 e. The van der Waals surface area contributed by atoms with Crippen LogP contribution in [0.5, 0.6) is 11.5 Å². The second-order valence-corrected chi connectivity index (χ2v) is 5.29. The average molecular weight is 314 g/mol. The molecule has 0 saturated heterocycles. The van der Waals surface area contributed by atoms with Gasteiger partial charge < -0.3 is 19.7 Å². The van der Waals surface area contributed by atoms with Gasteiger partial charge in [0.05, 0.1) is 6.61 Å². The fourth-order valence-electron chi connectivity index (χ4n) is 1.97. The first-order valence-electron chi connectivity index (χ1n) is 7.44. The average Bonchev–Trinajstić information content (AvgIpc) is 2.54. The molecule has 0 saturated carbocycles. The summed E-state index contributed by atoms with van der Waals surface area (Å²) in [7, 11) is 3.34. The highest BCUT2D eigenvalue weighted by molar-refractivity contribution is 5.89. The summed E-state index contributed by atoms with van der Waals surface area (Å²) in [5, 5.41) is 2.83. The van der Waals surface area contributed by atoms with Gasteiger partial charge in [-0.3, -0.25) is 0 Å². The first kappa shape index (κ1) is 16.8. The highest BCUT2D eigenvalue weighted by Crippen LogP contribution is 2.23. The Morgan fingerprint density at radius 2 is 1.87 bits per heavy atom. The minimum atomic E-state index is -0.172. The molecule has 0 fully saturated rings. The maximum Gasteiger partial charge on any atom is 0.321 e. The SMILES string of the molecule is COCCN(C)C(=O)Nc1ccc(Oc2cccc(C)c2)cc1. The van der Waals surface area contributed by atoms with Crippen molar-refractivity contribution in [2.45, 2.75) is 6.92 Å². The molecule has 1 N–H and O–H groups in total. The predicted octanol–water partition coefficient (Wildman–Crippen LogP) is 3.90. The number of anilines is 1. The molecule has 2 amide bonds. The van der Waals surface area contributed by atoms with E-state index < -0.39 is 0 Å². The van der Waals surface area contributed by atoms with E-state index in [1.165, 1.54) is 0 Å². The number of hydrogen-bond donors (Lipinski definition) is 1. The number of carbonyl (C=O) groups is 1. The summed E-state index contributed by atoms with van der Waals surface area (Å²) in [4.78, 5) is 13.5. The summed E-state index contributed by atoms with van der Waals surface area (Å²) in [5.74, 6) is 1.52. The van der Waals surface area contributed by atoms with Crippen molar-refractivity contribution in [3.05, 3.63) is 54.1 Å². The molecule has 5 heteroatoms. The van der Waals surface area contributed by atoms with Crippen molar-refractivity contribution in [3.63, 3.8) is 0 Å². The number of methoxy groups -OCH3 is 1. The normalized spacial score (nSPS) is 10.2. The quantitative estimate of drug-likeness (QED) is 0.880. The Morgan fingerprint density at radius 1 is 1.13 bits per heavy atom. The number of nitrogens with one attached hydrogen (secondary N) is 1. The Hall–Kier alpha value is -2.53. The molecular formula is C18H22N2O3. The second kappa shape index (κ2) is 8.19. The molecule has 23 heavy (non-hydrogen) atoms. The van der Waals surface area contributed by atoms with Crippen molar-refractivity contribution >= 4 is 11.7 Å². The van der Waals surface area contributed by atoms with Crippen LogP contribution in [0.2, 0.25) is 0 Å². The topological polar surface area (TPSA) is 50.8 Å². The van der Waals surface area contributed by atoms with Gasteiger partial charge in [-0.15, -0.1) is 0 Å². The number of likely N-dealkylation sites (N-methyl/N-ethyl adjacent to an activating group) is 1. The van der Waals surface area contributed by atoms with Gasteiger partial charge in [0.25, 0.3) is 0 Å². The van der Waals surface area contributed by atoms with Crippen LogP contribution < -0.4 is 10.1 Å². The Morgan fingerprint density at radius 3 is 2.52 bits per heavy atom. The summed E-state index contributed by atoms with van der Waals surface area (Å²) in [6.45, 7) is 3.07. The fourth-order valence-corrected chi connectivity index (χ4v) is 1.97. The van der Waals surface area contributed by atoms with Crippen molar-refractivity contribution in [1.29, 1.82) is 0 Å². The number of hydrogen-bond acceptors (Lipinski definition) is 3. The Balaban J connectivity index is 1.93. The Bertz CT molecular complexity index is 641. The third-order valence-corrected chi connectivity index (χ3v) is 3.31. The lowest BCUT2D eigenvalue weighted by atomic mass is 10.2. The van der Waals surface area contributed by atoms with Gasteiger partial charge in [0.1, 0.15) is 11.5 Å². The fraction of sp³-hybridized carbons (Fsp3) is 0.278. The minimum Gasteiger partial charge on any atom is -0.457 e. The van der Waals surface area contributed by atoms with Gasteiger partial charge in [-0.2, -0.15) is 0 Å². The number of aryl methyl sites for hydroxylation is 1. The largest absolute Gasteiger partial charge is 0.457 e. The summed E-state index contributed by atoms with van der Waals surface area (Å²) in [5.41, 5.74) is 1.86. The molecule has 0 unspecified atom stereocenters. The first-order chi connectivity index (χ1) is 11.1. The molecule has 0 aliphatic carbocycles. The van der Waals surface area contributed by atoms with E-state index in [1.807, 2.05) is 55.5 Å². The lowest BCUT2D eigenvalue weighted by Crippen LogP contribution is -2.33. The Labute approximate surface area is 136 Å². The van der Waals surface area contributed by atoms with Crippen molar-refractivity contribution in [2.24, 2.45) is 0 Å². The zero-order chi connectivity index (χ0) is 16.7. The van der Waals surface area contributed by atoms with Gasteiger partial charge >= 0.3 is 6.03 Å². The maximum absolute atomic E-state index is 12.0. The van der Waals surface area contributed by atoms with E-state index in [0.29, 0.717) is 13.2 Å². The molecule has 2 rings (SSSR count). The molecule has 0 atom stereocenters. The molecule has 0 bridgehead atoms. The van der Waals surface area contributed by atoms with Crippen LogP contribution >= 0.6 is 0 Å². The Kier molecular flexibility index (Phi) is 6.00. The molecule has 122 valence electrons. The predicted molar refractivity (Wildman–Crippen MR) is 91.2 cm³/mol. The van der Waals surface area contributed by atoms with Gasteiger partial charge in [0, 0.05) is 26.4 Å². The van der Waals surface area contributed by atoms with E-state index >= 15 is 0 Å². The van der Waals surface area contributed by atoms with Crippen LogP contribution in [0.1, 0.15) is 5.56 Å². The summed E-state index contributed by atoms with van der Waals surface area (Å²) in [6, 6.07) is 15.0. The highest BCUT2D eigenvalue weighted by atomic mass is 16.5. The van der Waals surface area contributed by atoms with Crippen LogP contribution in [-0.4, -0.2) is 38.2 Å². The van der Waals surface area contributed by atoms with Crippen LogP contribution in [0.15, 0.2) is 48.5 Å². The van der Waals surface area contributed by atoms with Crippen molar-refractivity contribution < 1.29 is 14.3 Å². The van der Waals surface area contributed by atoms with Gasteiger partial charge in [-0.1, -0.05) is 12.1 Å². The van der Waals surface area contributed by atoms with E-state index in [1.54, 1.807) is 19.1 Å². The standard InChI is InChI=1S/C18H22N2O3/c1-14-5-4-6-17(13-14)23-16-9-7-15(8-10-16)19-18(21)20(2)11-12-22-3/h4-10,13H,11-12H2,1-3H3,(H,19,21). The van der Waals surface area contributed by atoms with Gasteiger partial charge in [-0.05, 0) is 48.9 Å². The van der Waals surface area contributed by atoms with Crippen LogP contribution in [0.4, 0.5) is 10.5 Å². The minimum absolute atomic E-state index is 0.172. The molecule has 2 aromatic rings. The maximum atomic E-state index is 12.0. The number of ether oxygens (including phenoxy) is 2. The molecule has 5 nitrogen and oxygen atoms in total. The van der Waals surface area contributed by atoms with Crippen molar-refractivity contribution in [2.75, 3.05) is 32.6 Å². The third kappa shape index (κ3) is 5.30. The summed E-state index contributed by atoms with van der Waals surface area (Å²) < 4.78 is 10.7. The zero-order valence-electron chi connectivity index (χ0n) is 13.7. The number of amides is 2. The molecule has 0 aliphatic heterocycles. The molecule has 0 aliphatic rings. The number of nitrogens with zero attached hydrogens (tertiary/aromatic N) is 1. The van der Waals surface area contributed by atoms with Crippen molar-refractivity contribution in [1.82, 2.24) is 4.90 Å². The molecule has 0 heterocycles. The zero-order valence-corrected chi connectivity index (χ0v) is 13.7. The van der Waals surface area contributed by atoms with Crippen LogP contribution in [0.3, 0.4) is 0 Å². The summed E-state index contributed by atoms with van der Waals surface area (Å²) >= 11 is 0. The van der Waals surface area contributed by atoms with Crippen LogP contribution in [0, 0.1) is 6.92 Å². The lowest BCUT2D eigenvalue weighted by molar-refractivity contribution is 0.165. The number of benzene rings is 2. The molecule has 2 aromatic carbocycles. The van der Waals surface area contributed by atoms with Gasteiger partial charge in [0.2, 0.25) is 0 Å². The second-order valence-electron chi connectivity index (χ2n) is 5.29.